The number of carbonyl (C=O) groups is 1. The highest BCUT2D eigenvalue weighted by atomic mass is 32.1. The summed E-state index contributed by atoms with van der Waals surface area (Å²) in [6.45, 7) is 9.13. The third-order valence-electron chi connectivity index (χ3n) is 4.68. The van der Waals surface area contributed by atoms with E-state index in [1.165, 1.54) is 4.88 Å². The summed E-state index contributed by atoms with van der Waals surface area (Å²) in [7, 11) is 0. The monoisotopic (exact) mass is 338 g/mol. The number of carbonyl (C=O) groups excluding carboxylic acids is 1. The largest absolute Gasteiger partial charge is 0.387 e. The van der Waals surface area contributed by atoms with E-state index in [4.69, 9.17) is 4.74 Å². The van der Waals surface area contributed by atoms with Gasteiger partial charge in [0.05, 0.1) is 30.9 Å². The Bertz CT molecular complexity index is 554. The van der Waals surface area contributed by atoms with Crippen molar-refractivity contribution in [2.75, 3.05) is 45.9 Å². The second kappa shape index (κ2) is 6.89. The van der Waals surface area contributed by atoms with Crippen LogP contribution >= 0.6 is 11.3 Å². The fourth-order valence-electron chi connectivity index (χ4n) is 3.28. The van der Waals surface area contributed by atoms with Crippen LogP contribution in [0.2, 0.25) is 0 Å². The zero-order valence-electron chi connectivity index (χ0n) is 14.0. The number of morpholine rings is 1. The highest BCUT2D eigenvalue weighted by molar-refractivity contribution is 7.10. The van der Waals surface area contributed by atoms with Gasteiger partial charge in [-0.05, 0) is 18.4 Å². The van der Waals surface area contributed by atoms with Crippen molar-refractivity contribution < 1.29 is 14.6 Å². The van der Waals surface area contributed by atoms with E-state index < -0.39 is 5.60 Å². The quantitative estimate of drug-likeness (QED) is 0.909. The lowest BCUT2D eigenvalue weighted by atomic mass is 10.0. The average molecular weight is 338 g/mol. The molecule has 2 aliphatic rings. The van der Waals surface area contributed by atoms with Crippen molar-refractivity contribution in [2.45, 2.75) is 31.8 Å². The number of hydrogen-bond acceptors (Lipinski definition) is 5. The summed E-state index contributed by atoms with van der Waals surface area (Å²) < 4.78 is 5.35. The standard InChI is InChI=1S/C17H26N2O3S/c1-13(2)15-9-14(10-23-15)16(20)19-4-3-17(21,12-19)11-18-5-7-22-8-6-18/h9-10,13,21H,3-8,11-12H2,1-2H3. The van der Waals surface area contributed by atoms with E-state index >= 15 is 0 Å². The summed E-state index contributed by atoms with van der Waals surface area (Å²) in [5, 5.41) is 12.8. The Kier molecular flexibility index (Phi) is 5.06. The van der Waals surface area contributed by atoms with Crippen molar-refractivity contribution >= 4 is 17.2 Å². The molecule has 1 aromatic rings. The minimum atomic E-state index is -0.788. The molecule has 0 spiro atoms. The SMILES string of the molecule is CC(C)c1cc(C(=O)N2CCC(O)(CN3CCOCC3)C2)cs1. The van der Waals surface area contributed by atoms with E-state index in [-0.39, 0.29) is 5.91 Å². The maximum atomic E-state index is 12.7. The lowest BCUT2D eigenvalue weighted by Gasteiger charge is -2.33. The summed E-state index contributed by atoms with van der Waals surface area (Å²) in [5.74, 6) is 0.490. The summed E-state index contributed by atoms with van der Waals surface area (Å²) >= 11 is 1.64. The number of hydrogen-bond donors (Lipinski definition) is 1. The van der Waals surface area contributed by atoms with Crippen LogP contribution in [-0.4, -0.2) is 72.4 Å². The van der Waals surface area contributed by atoms with Gasteiger partial charge < -0.3 is 14.7 Å². The van der Waals surface area contributed by atoms with Crippen molar-refractivity contribution in [1.29, 1.82) is 0 Å². The second-order valence-electron chi connectivity index (χ2n) is 6.98. The van der Waals surface area contributed by atoms with Crippen LogP contribution in [0, 0.1) is 0 Å². The van der Waals surface area contributed by atoms with E-state index in [0.29, 0.717) is 32.0 Å². The van der Waals surface area contributed by atoms with Gasteiger partial charge in [-0.25, -0.2) is 0 Å². The molecule has 6 heteroatoms. The number of rotatable bonds is 4. The first kappa shape index (κ1) is 16.9. The summed E-state index contributed by atoms with van der Waals surface area (Å²) in [4.78, 5) is 17.9. The van der Waals surface area contributed by atoms with E-state index in [2.05, 4.69) is 18.7 Å². The van der Waals surface area contributed by atoms with E-state index in [9.17, 15) is 9.90 Å². The molecule has 128 valence electrons. The fraction of sp³-hybridized carbons (Fsp3) is 0.706. The molecule has 5 nitrogen and oxygen atoms in total. The smallest absolute Gasteiger partial charge is 0.254 e. The van der Waals surface area contributed by atoms with Gasteiger partial charge in [-0.2, -0.15) is 0 Å². The molecular formula is C17H26N2O3S. The number of aliphatic hydroxyl groups is 1. The third-order valence-corrected chi connectivity index (χ3v) is 5.91. The van der Waals surface area contributed by atoms with Gasteiger partial charge in [-0.15, -0.1) is 11.3 Å². The van der Waals surface area contributed by atoms with Crippen LogP contribution in [0.4, 0.5) is 0 Å². The second-order valence-corrected chi connectivity index (χ2v) is 7.92. The highest BCUT2D eigenvalue weighted by Crippen LogP contribution is 2.28. The summed E-state index contributed by atoms with van der Waals surface area (Å²) in [5.41, 5.74) is -0.0292. The van der Waals surface area contributed by atoms with E-state index in [1.54, 1.807) is 16.2 Å². The number of nitrogens with zero attached hydrogens (tertiary/aromatic N) is 2. The van der Waals surface area contributed by atoms with Crippen LogP contribution < -0.4 is 0 Å². The number of ether oxygens (including phenoxy) is 1. The van der Waals surface area contributed by atoms with Crippen molar-refractivity contribution in [2.24, 2.45) is 0 Å². The molecule has 0 radical (unpaired) electrons. The summed E-state index contributed by atoms with van der Waals surface area (Å²) in [6.07, 6.45) is 0.650. The van der Waals surface area contributed by atoms with Gasteiger partial charge in [-0.3, -0.25) is 9.69 Å². The molecule has 1 amide bonds. The maximum Gasteiger partial charge on any atom is 0.254 e. The van der Waals surface area contributed by atoms with Gasteiger partial charge in [-0.1, -0.05) is 13.8 Å². The number of β-amino-alcohol motifs (C(OH)–C–C–N with tert-alkyl or cyclic N) is 1. The molecule has 2 aliphatic heterocycles. The molecular weight excluding hydrogens is 312 g/mol. The molecule has 1 atom stereocenters. The molecule has 1 aromatic heterocycles. The van der Waals surface area contributed by atoms with Crippen molar-refractivity contribution in [3.05, 3.63) is 21.9 Å². The number of amides is 1. The topological polar surface area (TPSA) is 53.0 Å². The molecule has 0 bridgehead atoms. The van der Waals surface area contributed by atoms with Crippen LogP contribution in [0.1, 0.15) is 41.4 Å². The Morgan fingerprint density at radius 1 is 1.39 bits per heavy atom. The Hall–Kier alpha value is -0.950. The van der Waals surface area contributed by atoms with Crippen LogP contribution in [0.15, 0.2) is 11.4 Å². The first-order valence-corrected chi connectivity index (χ1v) is 9.25. The maximum absolute atomic E-state index is 12.7. The lowest BCUT2D eigenvalue weighted by Crippen LogP contribution is -2.49. The molecule has 3 heterocycles. The summed E-state index contributed by atoms with van der Waals surface area (Å²) in [6, 6.07) is 2.00. The fourth-order valence-corrected chi connectivity index (χ4v) is 4.18. The van der Waals surface area contributed by atoms with Gasteiger partial charge in [0.1, 0.15) is 0 Å². The first-order valence-electron chi connectivity index (χ1n) is 8.37. The molecule has 3 rings (SSSR count). The van der Waals surface area contributed by atoms with Gasteiger partial charge in [0.15, 0.2) is 0 Å². The van der Waals surface area contributed by atoms with Crippen LogP contribution in [0.25, 0.3) is 0 Å². The molecule has 0 saturated carbocycles. The molecule has 0 aromatic carbocycles. The van der Waals surface area contributed by atoms with Crippen molar-refractivity contribution in [1.82, 2.24) is 9.80 Å². The predicted octanol–water partition coefficient (Wildman–Crippen LogP) is 1.78. The van der Waals surface area contributed by atoms with Gasteiger partial charge in [0.25, 0.3) is 5.91 Å². The predicted molar refractivity (Wildman–Crippen MR) is 91.1 cm³/mol. The van der Waals surface area contributed by atoms with Gasteiger partial charge >= 0.3 is 0 Å². The molecule has 1 N–H and O–H groups in total. The molecule has 2 fully saturated rings. The Morgan fingerprint density at radius 3 is 2.78 bits per heavy atom. The zero-order chi connectivity index (χ0) is 16.4. The highest BCUT2D eigenvalue weighted by Gasteiger charge is 2.40. The molecule has 2 saturated heterocycles. The van der Waals surface area contributed by atoms with E-state index in [1.807, 2.05) is 11.4 Å². The lowest BCUT2D eigenvalue weighted by molar-refractivity contribution is -0.0257. The molecule has 1 unspecified atom stereocenters. The Labute approximate surface area is 141 Å². The molecule has 0 aliphatic carbocycles. The number of likely N-dealkylation sites (tertiary alicyclic amines) is 1. The Morgan fingerprint density at radius 2 is 2.13 bits per heavy atom. The first-order chi connectivity index (χ1) is 11.0. The van der Waals surface area contributed by atoms with Gasteiger partial charge in [0, 0.05) is 36.4 Å². The zero-order valence-corrected chi connectivity index (χ0v) is 14.8. The minimum absolute atomic E-state index is 0.0473. The van der Waals surface area contributed by atoms with E-state index in [0.717, 1.165) is 31.9 Å². The van der Waals surface area contributed by atoms with Crippen LogP contribution in [0.5, 0.6) is 0 Å². The van der Waals surface area contributed by atoms with Crippen LogP contribution in [-0.2, 0) is 4.74 Å². The average Bonchev–Trinajstić information content (AvgIpc) is 3.15. The van der Waals surface area contributed by atoms with Crippen LogP contribution in [0.3, 0.4) is 0 Å². The van der Waals surface area contributed by atoms with Crippen molar-refractivity contribution in [3.8, 4) is 0 Å². The van der Waals surface area contributed by atoms with Gasteiger partial charge in [0.2, 0.25) is 0 Å². The normalized spacial score (nSPS) is 26.2. The Balaban J connectivity index is 1.60. The third kappa shape index (κ3) is 3.94. The minimum Gasteiger partial charge on any atom is -0.387 e. The number of thiophene rings is 1. The molecule has 23 heavy (non-hydrogen) atoms. The van der Waals surface area contributed by atoms with Crippen molar-refractivity contribution in [3.63, 3.8) is 0 Å².